The Kier molecular flexibility index (Phi) is 3.02. The second-order valence-electron chi connectivity index (χ2n) is 2.54. The second kappa shape index (κ2) is 4.45. The number of thiazole rings is 2. The van der Waals surface area contributed by atoms with Gasteiger partial charge in [0, 0.05) is 35.2 Å². The second-order valence-corrected chi connectivity index (χ2v) is 4.48. The summed E-state index contributed by atoms with van der Waals surface area (Å²) in [5.74, 6) is 0. The predicted octanol–water partition coefficient (Wildman–Crippen LogP) is 1.89. The van der Waals surface area contributed by atoms with Crippen LogP contribution in [0.4, 0.5) is 0 Å². The number of hydrogen-bond acceptors (Lipinski definition) is 5. The van der Waals surface area contributed by atoms with E-state index in [0.29, 0.717) is 0 Å². The third-order valence-corrected chi connectivity index (χ3v) is 3.12. The van der Waals surface area contributed by atoms with Gasteiger partial charge >= 0.3 is 0 Å². The first kappa shape index (κ1) is 8.80. The van der Waals surface area contributed by atoms with E-state index in [9.17, 15) is 0 Å². The Labute approximate surface area is 84.5 Å². The average Bonchev–Trinajstić information content (AvgIpc) is 2.75. The van der Waals surface area contributed by atoms with Crippen molar-refractivity contribution < 1.29 is 0 Å². The Bertz CT molecular complexity index is 294. The Morgan fingerprint density at radius 3 is 1.92 bits per heavy atom. The molecule has 0 aliphatic carbocycles. The highest BCUT2D eigenvalue weighted by molar-refractivity contribution is 7.09. The molecule has 0 saturated carbocycles. The number of nitrogens with zero attached hydrogens (tertiary/aromatic N) is 2. The standard InChI is InChI=1S/C8H9N3S2/c1(7-3-10-5-12-7)9-2-8-4-11-6-13-8/h3-6,9H,1-2H2. The first-order valence-corrected chi connectivity index (χ1v) is 5.66. The molecule has 0 atom stereocenters. The van der Waals surface area contributed by atoms with Gasteiger partial charge in [-0.2, -0.15) is 0 Å². The average molecular weight is 211 g/mol. The van der Waals surface area contributed by atoms with Crippen molar-refractivity contribution in [3.05, 3.63) is 33.2 Å². The van der Waals surface area contributed by atoms with Crippen LogP contribution in [-0.2, 0) is 13.1 Å². The zero-order valence-corrected chi connectivity index (χ0v) is 8.57. The summed E-state index contributed by atoms with van der Waals surface area (Å²) in [7, 11) is 0. The molecule has 13 heavy (non-hydrogen) atoms. The molecule has 3 nitrogen and oxygen atoms in total. The van der Waals surface area contributed by atoms with Crippen LogP contribution in [0.25, 0.3) is 0 Å². The number of nitrogens with one attached hydrogen (secondary N) is 1. The van der Waals surface area contributed by atoms with Gasteiger partial charge in [-0.1, -0.05) is 0 Å². The van der Waals surface area contributed by atoms with Crippen LogP contribution in [0.1, 0.15) is 9.75 Å². The van der Waals surface area contributed by atoms with E-state index < -0.39 is 0 Å². The summed E-state index contributed by atoms with van der Waals surface area (Å²) in [6.07, 6.45) is 3.79. The highest BCUT2D eigenvalue weighted by Gasteiger charge is 1.95. The van der Waals surface area contributed by atoms with E-state index in [1.54, 1.807) is 22.7 Å². The molecule has 5 heteroatoms. The third-order valence-electron chi connectivity index (χ3n) is 1.57. The van der Waals surface area contributed by atoms with Crippen LogP contribution in [0.5, 0.6) is 0 Å². The number of hydrogen-bond donors (Lipinski definition) is 1. The molecule has 0 aliphatic rings. The first-order chi connectivity index (χ1) is 6.45. The molecule has 2 rings (SSSR count). The van der Waals surface area contributed by atoms with Gasteiger partial charge in [0.05, 0.1) is 11.0 Å². The van der Waals surface area contributed by atoms with Crippen LogP contribution in [0, 0.1) is 0 Å². The van der Waals surface area contributed by atoms with Gasteiger partial charge in [-0.15, -0.1) is 22.7 Å². The highest BCUT2D eigenvalue weighted by atomic mass is 32.1. The van der Waals surface area contributed by atoms with Gasteiger partial charge in [0.25, 0.3) is 0 Å². The van der Waals surface area contributed by atoms with Crippen LogP contribution in [0.15, 0.2) is 23.4 Å². The van der Waals surface area contributed by atoms with Crippen LogP contribution in [-0.4, -0.2) is 9.97 Å². The molecule has 0 spiro atoms. The van der Waals surface area contributed by atoms with E-state index in [1.807, 2.05) is 23.4 Å². The maximum absolute atomic E-state index is 4.01. The van der Waals surface area contributed by atoms with Crippen molar-refractivity contribution in [2.45, 2.75) is 13.1 Å². The highest BCUT2D eigenvalue weighted by Crippen LogP contribution is 2.07. The fourth-order valence-electron chi connectivity index (χ4n) is 0.968. The van der Waals surface area contributed by atoms with Gasteiger partial charge in [0.15, 0.2) is 0 Å². The lowest BCUT2D eigenvalue weighted by molar-refractivity contribution is 0.707. The molecule has 1 N–H and O–H groups in total. The van der Waals surface area contributed by atoms with Crippen molar-refractivity contribution in [2.24, 2.45) is 0 Å². The van der Waals surface area contributed by atoms with Crippen LogP contribution >= 0.6 is 22.7 Å². The maximum Gasteiger partial charge on any atom is 0.0794 e. The Balaban J connectivity index is 1.76. The van der Waals surface area contributed by atoms with E-state index in [0.717, 1.165) is 13.1 Å². The minimum Gasteiger partial charge on any atom is -0.307 e. The van der Waals surface area contributed by atoms with E-state index in [-0.39, 0.29) is 0 Å². The Hall–Kier alpha value is -0.780. The molecule has 2 heterocycles. The molecule has 0 radical (unpaired) electrons. The molecule has 0 saturated heterocycles. The van der Waals surface area contributed by atoms with Crippen LogP contribution in [0.3, 0.4) is 0 Å². The largest absolute Gasteiger partial charge is 0.307 e. The summed E-state index contributed by atoms with van der Waals surface area (Å²) < 4.78 is 0. The van der Waals surface area contributed by atoms with Crippen molar-refractivity contribution in [1.29, 1.82) is 0 Å². The van der Waals surface area contributed by atoms with Crippen molar-refractivity contribution in [3.8, 4) is 0 Å². The summed E-state index contributed by atoms with van der Waals surface area (Å²) in [6.45, 7) is 1.78. The molecular weight excluding hydrogens is 202 g/mol. The molecule has 68 valence electrons. The summed E-state index contributed by atoms with van der Waals surface area (Å²) >= 11 is 3.35. The quantitative estimate of drug-likeness (QED) is 0.839. The van der Waals surface area contributed by atoms with Crippen molar-refractivity contribution >= 4 is 22.7 Å². The summed E-state index contributed by atoms with van der Waals surface area (Å²) in [6, 6.07) is 0. The summed E-state index contributed by atoms with van der Waals surface area (Å²) in [5.41, 5.74) is 3.70. The molecular formula is C8H9N3S2. The minimum atomic E-state index is 0.891. The van der Waals surface area contributed by atoms with Gasteiger partial charge in [0.2, 0.25) is 0 Å². The third kappa shape index (κ3) is 2.58. The Morgan fingerprint density at radius 2 is 1.54 bits per heavy atom. The van der Waals surface area contributed by atoms with Gasteiger partial charge in [-0.05, 0) is 0 Å². The van der Waals surface area contributed by atoms with Gasteiger partial charge in [0.1, 0.15) is 0 Å². The lowest BCUT2D eigenvalue weighted by Crippen LogP contribution is -2.10. The molecule has 0 amide bonds. The van der Waals surface area contributed by atoms with E-state index in [2.05, 4.69) is 15.3 Å². The van der Waals surface area contributed by atoms with Gasteiger partial charge in [-0.3, -0.25) is 9.97 Å². The minimum absolute atomic E-state index is 0.891. The topological polar surface area (TPSA) is 37.8 Å². The lowest BCUT2D eigenvalue weighted by Gasteiger charge is -1.98. The van der Waals surface area contributed by atoms with E-state index >= 15 is 0 Å². The van der Waals surface area contributed by atoms with Crippen molar-refractivity contribution in [3.63, 3.8) is 0 Å². The van der Waals surface area contributed by atoms with Crippen LogP contribution < -0.4 is 5.32 Å². The van der Waals surface area contributed by atoms with Gasteiger partial charge in [-0.25, -0.2) is 0 Å². The fourth-order valence-corrected chi connectivity index (χ4v) is 2.10. The monoisotopic (exact) mass is 211 g/mol. The predicted molar refractivity (Wildman–Crippen MR) is 54.8 cm³/mol. The molecule has 2 aromatic heterocycles. The normalized spacial score (nSPS) is 10.5. The van der Waals surface area contributed by atoms with Crippen molar-refractivity contribution in [1.82, 2.24) is 15.3 Å². The smallest absolute Gasteiger partial charge is 0.0794 e. The molecule has 0 fully saturated rings. The number of aromatic nitrogens is 2. The maximum atomic E-state index is 4.01. The molecule has 0 aromatic carbocycles. The van der Waals surface area contributed by atoms with Gasteiger partial charge < -0.3 is 5.32 Å². The van der Waals surface area contributed by atoms with Crippen molar-refractivity contribution in [2.75, 3.05) is 0 Å². The molecule has 0 unspecified atom stereocenters. The van der Waals surface area contributed by atoms with E-state index in [1.165, 1.54) is 9.75 Å². The van der Waals surface area contributed by atoms with E-state index in [4.69, 9.17) is 0 Å². The first-order valence-electron chi connectivity index (χ1n) is 3.90. The molecule has 0 aliphatic heterocycles. The fraction of sp³-hybridized carbons (Fsp3) is 0.250. The number of rotatable bonds is 4. The lowest BCUT2D eigenvalue weighted by atomic mass is 10.5. The van der Waals surface area contributed by atoms with Crippen LogP contribution in [0.2, 0.25) is 0 Å². The zero-order valence-electron chi connectivity index (χ0n) is 6.93. The Morgan fingerprint density at radius 1 is 1.00 bits per heavy atom. The summed E-state index contributed by atoms with van der Waals surface area (Å²) in [4.78, 5) is 10.5. The molecule has 0 bridgehead atoms. The zero-order chi connectivity index (χ0) is 8.93. The summed E-state index contributed by atoms with van der Waals surface area (Å²) in [5, 5.41) is 3.33. The SMILES string of the molecule is c1ncc(CNCc2cncs2)s1. The molecule has 2 aromatic rings.